The summed E-state index contributed by atoms with van der Waals surface area (Å²) < 4.78 is 0. The van der Waals surface area contributed by atoms with E-state index in [1.807, 2.05) is 43.3 Å². The van der Waals surface area contributed by atoms with Gasteiger partial charge in [-0.15, -0.1) is 6.58 Å². The summed E-state index contributed by atoms with van der Waals surface area (Å²) in [6, 6.07) is 10.3. The largest absolute Gasteiger partial charge is 0.328 e. The van der Waals surface area contributed by atoms with Crippen LogP contribution in [-0.4, -0.2) is 6.04 Å². The number of benzene rings is 1. The van der Waals surface area contributed by atoms with E-state index in [0.717, 1.165) is 12.8 Å². The van der Waals surface area contributed by atoms with E-state index >= 15 is 0 Å². The summed E-state index contributed by atoms with van der Waals surface area (Å²) in [6.45, 7) is 6.22. The predicted molar refractivity (Wildman–Crippen MR) is 67.4 cm³/mol. The van der Waals surface area contributed by atoms with Crippen LogP contribution in [0.1, 0.15) is 25.3 Å². The summed E-state index contributed by atoms with van der Waals surface area (Å²) in [5, 5.41) is 0. The van der Waals surface area contributed by atoms with Crippen LogP contribution in [0.5, 0.6) is 0 Å². The van der Waals surface area contributed by atoms with Gasteiger partial charge in [0.2, 0.25) is 0 Å². The van der Waals surface area contributed by atoms with E-state index in [2.05, 4.69) is 6.58 Å². The lowest BCUT2D eigenvalue weighted by Crippen LogP contribution is -2.13. The topological polar surface area (TPSA) is 52.0 Å². The molecule has 0 heterocycles. The molecule has 1 unspecified atom stereocenters. The van der Waals surface area contributed by atoms with Gasteiger partial charge in [-0.1, -0.05) is 36.4 Å². The summed E-state index contributed by atoms with van der Waals surface area (Å²) in [4.78, 5) is 0. The van der Waals surface area contributed by atoms with Crippen LogP contribution in [0.15, 0.2) is 43.0 Å². The Bertz CT molecular complexity index is 242. The minimum Gasteiger partial charge on any atom is -0.328 e. The molecule has 2 heteroatoms. The van der Waals surface area contributed by atoms with Gasteiger partial charge in [-0.2, -0.15) is 0 Å². The SMILES string of the molecule is C=CCCC(C)N.NCc1ccccc1. The summed E-state index contributed by atoms with van der Waals surface area (Å²) in [5.74, 6) is 0. The van der Waals surface area contributed by atoms with E-state index in [1.165, 1.54) is 5.56 Å². The fraction of sp³-hybridized carbons (Fsp3) is 0.385. The molecule has 0 saturated carbocycles. The van der Waals surface area contributed by atoms with Crippen molar-refractivity contribution in [2.45, 2.75) is 32.4 Å². The van der Waals surface area contributed by atoms with Crippen molar-refractivity contribution in [2.24, 2.45) is 11.5 Å². The van der Waals surface area contributed by atoms with Gasteiger partial charge in [0.15, 0.2) is 0 Å². The molecule has 0 aliphatic rings. The fourth-order valence-electron chi connectivity index (χ4n) is 0.995. The third-order valence-corrected chi connectivity index (χ3v) is 1.90. The molecule has 0 bridgehead atoms. The van der Waals surface area contributed by atoms with Gasteiger partial charge >= 0.3 is 0 Å². The molecule has 1 atom stereocenters. The molecule has 0 aromatic heterocycles. The summed E-state index contributed by atoms with van der Waals surface area (Å²) >= 11 is 0. The normalized spacial score (nSPS) is 11.1. The monoisotopic (exact) mass is 206 g/mol. The quantitative estimate of drug-likeness (QED) is 0.743. The summed E-state index contributed by atoms with van der Waals surface area (Å²) in [7, 11) is 0. The van der Waals surface area contributed by atoms with Crippen molar-refractivity contribution in [1.82, 2.24) is 0 Å². The van der Waals surface area contributed by atoms with Crippen LogP contribution < -0.4 is 11.5 Å². The van der Waals surface area contributed by atoms with Crippen LogP contribution in [0, 0.1) is 0 Å². The van der Waals surface area contributed by atoms with E-state index in [-0.39, 0.29) is 0 Å². The molecule has 0 aliphatic carbocycles. The molecule has 0 fully saturated rings. The van der Waals surface area contributed by atoms with Crippen molar-refractivity contribution in [3.05, 3.63) is 48.6 Å². The van der Waals surface area contributed by atoms with Gasteiger partial charge < -0.3 is 11.5 Å². The van der Waals surface area contributed by atoms with Crippen LogP contribution in [0.25, 0.3) is 0 Å². The zero-order valence-corrected chi connectivity index (χ0v) is 9.52. The van der Waals surface area contributed by atoms with Gasteiger partial charge in [0.25, 0.3) is 0 Å². The summed E-state index contributed by atoms with van der Waals surface area (Å²) in [6.07, 6.45) is 3.99. The number of nitrogens with two attached hydrogens (primary N) is 2. The van der Waals surface area contributed by atoms with Gasteiger partial charge in [0.05, 0.1) is 0 Å². The zero-order chi connectivity index (χ0) is 11.5. The van der Waals surface area contributed by atoms with Gasteiger partial charge in [0, 0.05) is 12.6 Å². The first-order chi connectivity index (χ1) is 7.20. The second-order valence-electron chi connectivity index (χ2n) is 3.53. The molecule has 2 nitrogen and oxygen atoms in total. The first-order valence-electron chi connectivity index (χ1n) is 5.31. The van der Waals surface area contributed by atoms with Gasteiger partial charge in [-0.25, -0.2) is 0 Å². The Labute approximate surface area is 93.0 Å². The lowest BCUT2D eigenvalue weighted by Gasteiger charge is -1.97. The number of allylic oxidation sites excluding steroid dienone is 1. The van der Waals surface area contributed by atoms with Gasteiger partial charge in [-0.05, 0) is 25.3 Å². The standard InChI is InChI=1S/C7H9N.C6H13N/c8-6-7-4-2-1-3-5-7;1-3-4-5-6(2)7/h1-5H,6,8H2;3,6H,1,4-5,7H2,2H3. The van der Waals surface area contributed by atoms with Crippen molar-refractivity contribution in [1.29, 1.82) is 0 Å². The second-order valence-corrected chi connectivity index (χ2v) is 3.53. The predicted octanol–water partition coefficient (Wildman–Crippen LogP) is 2.45. The third-order valence-electron chi connectivity index (χ3n) is 1.90. The van der Waals surface area contributed by atoms with E-state index in [9.17, 15) is 0 Å². The van der Waals surface area contributed by atoms with Crippen LogP contribution in [0.2, 0.25) is 0 Å². The molecular weight excluding hydrogens is 184 g/mol. The average Bonchev–Trinajstić information content (AvgIpc) is 2.28. The molecule has 15 heavy (non-hydrogen) atoms. The highest BCUT2D eigenvalue weighted by Gasteiger charge is 1.87. The third kappa shape index (κ3) is 9.19. The molecule has 0 spiro atoms. The van der Waals surface area contributed by atoms with Gasteiger partial charge in [-0.3, -0.25) is 0 Å². The molecular formula is C13H22N2. The number of rotatable bonds is 4. The lowest BCUT2D eigenvalue weighted by atomic mass is 10.2. The van der Waals surface area contributed by atoms with Crippen molar-refractivity contribution < 1.29 is 0 Å². The minimum absolute atomic E-state index is 0.331. The Morgan fingerprint density at radius 2 is 1.93 bits per heavy atom. The Hall–Kier alpha value is -1.12. The first-order valence-corrected chi connectivity index (χ1v) is 5.31. The molecule has 1 aromatic rings. The van der Waals surface area contributed by atoms with Crippen molar-refractivity contribution in [3.8, 4) is 0 Å². The second kappa shape index (κ2) is 9.44. The maximum atomic E-state index is 5.43. The number of hydrogen-bond acceptors (Lipinski definition) is 2. The van der Waals surface area contributed by atoms with E-state index in [1.54, 1.807) is 0 Å². The van der Waals surface area contributed by atoms with Crippen molar-refractivity contribution in [2.75, 3.05) is 0 Å². The lowest BCUT2D eigenvalue weighted by molar-refractivity contribution is 0.676. The first kappa shape index (κ1) is 13.9. The minimum atomic E-state index is 0.331. The molecule has 0 radical (unpaired) electrons. The van der Waals surface area contributed by atoms with Gasteiger partial charge in [0.1, 0.15) is 0 Å². The molecule has 0 saturated heterocycles. The van der Waals surface area contributed by atoms with Crippen molar-refractivity contribution >= 4 is 0 Å². The molecule has 1 rings (SSSR count). The Balaban J connectivity index is 0.000000265. The van der Waals surface area contributed by atoms with E-state index < -0.39 is 0 Å². The number of hydrogen-bond donors (Lipinski definition) is 2. The van der Waals surface area contributed by atoms with E-state index in [4.69, 9.17) is 11.5 Å². The molecule has 1 aromatic carbocycles. The summed E-state index contributed by atoms with van der Waals surface area (Å²) in [5.41, 5.74) is 12.0. The Kier molecular flexibility index (Phi) is 8.73. The molecule has 84 valence electrons. The van der Waals surface area contributed by atoms with Crippen LogP contribution in [0.3, 0.4) is 0 Å². The van der Waals surface area contributed by atoms with Crippen LogP contribution in [-0.2, 0) is 6.54 Å². The van der Waals surface area contributed by atoms with E-state index in [0.29, 0.717) is 12.6 Å². The van der Waals surface area contributed by atoms with Crippen LogP contribution in [0.4, 0.5) is 0 Å². The average molecular weight is 206 g/mol. The molecule has 4 N–H and O–H groups in total. The molecule has 0 aliphatic heterocycles. The maximum absolute atomic E-state index is 5.43. The smallest absolute Gasteiger partial charge is 0.0178 e. The Morgan fingerprint density at radius 1 is 1.33 bits per heavy atom. The molecule has 0 amide bonds. The maximum Gasteiger partial charge on any atom is 0.0178 e. The highest BCUT2D eigenvalue weighted by atomic mass is 14.6. The van der Waals surface area contributed by atoms with Crippen molar-refractivity contribution in [3.63, 3.8) is 0 Å². The highest BCUT2D eigenvalue weighted by molar-refractivity contribution is 5.13. The van der Waals surface area contributed by atoms with Crippen LogP contribution >= 0.6 is 0 Å². The zero-order valence-electron chi connectivity index (χ0n) is 9.52. The Morgan fingerprint density at radius 3 is 2.20 bits per heavy atom. The highest BCUT2D eigenvalue weighted by Crippen LogP contribution is 1.94. The fourth-order valence-corrected chi connectivity index (χ4v) is 0.995.